The molecular formula is C16H29N5. The van der Waals surface area contributed by atoms with Crippen LogP contribution in [0, 0.1) is 5.41 Å². The molecule has 1 aromatic rings. The van der Waals surface area contributed by atoms with Crippen molar-refractivity contribution in [3.63, 3.8) is 0 Å². The number of hydrogen-bond acceptors (Lipinski definition) is 2. The Morgan fingerprint density at radius 2 is 2.24 bits per heavy atom. The van der Waals surface area contributed by atoms with Gasteiger partial charge in [-0.3, -0.25) is 9.67 Å². The molecule has 1 saturated heterocycles. The van der Waals surface area contributed by atoms with Crippen LogP contribution in [-0.4, -0.2) is 46.8 Å². The molecule has 1 unspecified atom stereocenters. The monoisotopic (exact) mass is 291 g/mol. The van der Waals surface area contributed by atoms with Crippen molar-refractivity contribution in [2.75, 3.05) is 26.2 Å². The zero-order valence-corrected chi connectivity index (χ0v) is 14.1. The highest BCUT2D eigenvalue weighted by Crippen LogP contribution is 2.26. The second-order valence-electron chi connectivity index (χ2n) is 7.11. The number of aromatic nitrogens is 2. The van der Waals surface area contributed by atoms with E-state index in [1.54, 1.807) is 0 Å². The Labute approximate surface area is 128 Å². The van der Waals surface area contributed by atoms with Gasteiger partial charge in [-0.25, -0.2) is 0 Å². The Morgan fingerprint density at radius 3 is 2.81 bits per heavy atom. The van der Waals surface area contributed by atoms with Gasteiger partial charge in [-0.1, -0.05) is 20.8 Å². The Bertz CT molecular complexity index is 483. The second-order valence-corrected chi connectivity index (χ2v) is 7.11. The smallest absolute Gasteiger partial charge is 0.193 e. The molecule has 0 saturated carbocycles. The highest BCUT2D eigenvalue weighted by Gasteiger charge is 2.27. The third-order valence-corrected chi connectivity index (χ3v) is 3.72. The van der Waals surface area contributed by atoms with Crippen LogP contribution in [0.4, 0.5) is 0 Å². The highest BCUT2D eigenvalue weighted by molar-refractivity contribution is 5.80. The van der Waals surface area contributed by atoms with Gasteiger partial charge in [-0.15, -0.1) is 0 Å². The summed E-state index contributed by atoms with van der Waals surface area (Å²) in [5.74, 6) is 1.62. The van der Waals surface area contributed by atoms with E-state index in [2.05, 4.69) is 49.2 Å². The molecule has 2 rings (SSSR count). The van der Waals surface area contributed by atoms with E-state index in [1.807, 2.05) is 17.9 Å². The topological polar surface area (TPSA) is 45.5 Å². The number of likely N-dealkylation sites (tertiary alicyclic amines) is 1. The van der Waals surface area contributed by atoms with Gasteiger partial charge in [-0.2, -0.15) is 5.10 Å². The molecule has 5 nitrogen and oxygen atoms in total. The van der Waals surface area contributed by atoms with Crippen molar-refractivity contribution in [3.8, 4) is 0 Å². The summed E-state index contributed by atoms with van der Waals surface area (Å²) in [6.07, 6.45) is 5.30. The molecule has 0 amide bonds. The first kappa shape index (κ1) is 15.9. The van der Waals surface area contributed by atoms with Crippen molar-refractivity contribution in [1.29, 1.82) is 0 Å². The van der Waals surface area contributed by atoms with Crippen molar-refractivity contribution in [2.24, 2.45) is 17.5 Å². The average Bonchev–Trinajstić information content (AvgIpc) is 3.01. The fourth-order valence-corrected chi connectivity index (χ4v) is 2.61. The molecule has 1 N–H and O–H groups in total. The lowest BCUT2D eigenvalue weighted by Gasteiger charge is -2.23. The molecule has 21 heavy (non-hydrogen) atoms. The lowest BCUT2D eigenvalue weighted by molar-refractivity contribution is 0.418. The molecule has 0 aromatic carbocycles. The van der Waals surface area contributed by atoms with Crippen molar-refractivity contribution >= 4 is 5.96 Å². The molecule has 1 fully saturated rings. The molecule has 1 aliphatic heterocycles. The van der Waals surface area contributed by atoms with Crippen LogP contribution in [0.1, 0.15) is 45.6 Å². The Balaban J connectivity index is 2.02. The van der Waals surface area contributed by atoms with E-state index in [9.17, 15) is 0 Å². The lowest BCUT2D eigenvalue weighted by Crippen LogP contribution is -2.40. The van der Waals surface area contributed by atoms with Gasteiger partial charge in [0.2, 0.25) is 0 Å². The van der Waals surface area contributed by atoms with Gasteiger partial charge >= 0.3 is 0 Å². The zero-order chi connectivity index (χ0) is 15.5. The van der Waals surface area contributed by atoms with Gasteiger partial charge in [0, 0.05) is 45.3 Å². The molecule has 2 heterocycles. The minimum Gasteiger partial charge on any atom is -0.357 e. The SMILES string of the molecule is CCNC(=NCC(C)(C)C)N1CCC(c2cnn(C)c2)C1. The van der Waals surface area contributed by atoms with Gasteiger partial charge in [0.1, 0.15) is 0 Å². The molecule has 118 valence electrons. The Hall–Kier alpha value is -1.52. The Kier molecular flexibility index (Phi) is 4.91. The van der Waals surface area contributed by atoms with E-state index < -0.39 is 0 Å². The molecule has 1 atom stereocenters. The summed E-state index contributed by atoms with van der Waals surface area (Å²) in [6, 6.07) is 0. The van der Waals surface area contributed by atoms with Crippen LogP contribution >= 0.6 is 0 Å². The minimum atomic E-state index is 0.225. The summed E-state index contributed by atoms with van der Waals surface area (Å²) in [7, 11) is 1.98. The van der Waals surface area contributed by atoms with Crippen LogP contribution < -0.4 is 5.32 Å². The highest BCUT2D eigenvalue weighted by atomic mass is 15.3. The van der Waals surface area contributed by atoms with Crippen LogP contribution in [0.3, 0.4) is 0 Å². The van der Waals surface area contributed by atoms with Crippen LogP contribution in [0.2, 0.25) is 0 Å². The lowest BCUT2D eigenvalue weighted by atomic mass is 9.97. The predicted molar refractivity (Wildman–Crippen MR) is 87.6 cm³/mol. The van der Waals surface area contributed by atoms with Gasteiger partial charge in [0.15, 0.2) is 5.96 Å². The number of hydrogen-bond donors (Lipinski definition) is 1. The first-order valence-electron chi connectivity index (χ1n) is 7.91. The van der Waals surface area contributed by atoms with E-state index in [1.165, 1.54) is 12.0 Å². The average molecular weight is 291 g/mol. The number of nitrogens with zero attached hydrogens (tertiary/aromatic N) is 4. The number of guanidine groups is 1. The largest absolute Gasteiger partial charge is 0.357 e. The van der Waals surface area contributed by atoms with Crippen molar-refractivity contribution in [1.82, 2.24) is 20.0 Å². The van der Waals surface area contributed by atoms with Crippen molar-refractivity contribution < 1.29 is 0 Å². The van der Waals surface area contributed by atoms with E-state index in [0.717, 1.165) is 32.1 Å². The van der Waals surface area contributed by atoms with Crippen LogP contribution in [-0.2, 0) is 7.05 Å². The minimum absolute atomic E-state index is 0.225. The van der Waals surface area contributed by atoms with E-state index >= 15 is 0 Å². The second kappa shape index (κ2) is 6.50. The number of rotatable bonds is 3. The summed E-state index contributed by atoms with van der Waals surface area (Å²) < 4.78 is 1.89. The molecule has 0 spiro atoms. The summed E-state index contributed by atoms with van der Waals surface area (Å²) >= 11 is 0. The maximum absolute atomic E-state index is 4.81. The molecule has 0 radical (unpaired) electrons. The number of nitrogens with one attached hydrogen (secondary N) is 1. The summed E-state index contributed by atoms with van der Waals surface area (Å²) in [5.41, 5.74) is 1.56. The first-order chi connectivity index (χ1) is 9.89. The molecule has 1 aromatic heterocycles. The summed E-state index contributed by atoms with van der Waals surface area (Å²) in [4.78, 5) is 7.19. The molecule has 1 aliphatic rings. The fourth-order valence-electron chi connectivity index (χ4n) is 2.61. The van der Waals surface area contributed by atoms with E-state index in [0.29, 0.717) is 5.92 Å². The van der Waals surface area contributed by atoms with Gasteiger partial charge in [-0.05, 0) is 24.3 Å². The third-order valence-electron chi connectivity index (χ3n) is 3.72. The van der Waals surface area contributed by atoms with Gasteiger partial charge in [0.25, 0.3) is 0 Å². The number of aliphatic imine (C=N–C) groups is 1. The third kappa shape index (κ3) is 4.48. The van der Waals surface area contributed by atoms with E-state index in [-0.39, 0.29) is 5.41 Å². The van der Waals surface area contributed by atoms with Gasteiger partial charge < -0.3 is 10.2 Å². The molecule has 5 heteroatoms. The van der Waals surface area contributed by atoms with Crippen molar-refractivity contribution in [3.05, 3.63) is 18.0 Å². The van der Waals surface area contributed by atoms with Crippen LogP contribution in [0.25, 0.3) is 0 Å². The molecular weight excluding hydrogens is 262 g/mol. The predicted octanol–water partition coefficient (Wildman–Crippen LogP) is 2.22. The normalized spacial score (nSPS) is 20.1. The van der Waals surface area contributed by atoms with Crippen LogP contribution in [0.15, 0.2) is 17.4 Å². The maximum Gasteiger partial charge on any atom is 0.193 e. The standard InChI is InChI=1S/C16H29N5/c1-6-17-15(18-12-16(2,3)4)21-8-7-13(11-21)14-9-19-20(5)10-14/h9-10,13H,6-8,11-12H2,1-5H3,(H,17,18). The summed E-state index contributed by atoms with van der Waals surface area (Å²) in [6.45, 7) is 12.7. The van der Waals surface area contributed by atoms with Crippen molar-refractivity contribution in [2.45, 2.75) is 40.0 Å². The Morgan fingerprint density at radius 1 is 1.48 bits per heavy atom. The quantitative estimate of drug-likeness (QED) is 0.686. The van der Waals surface area contributed by atoms with E-state index in [4.69, 9.17) is 4.99 Å². The first-order valence-corrected chi connectivity index (χ1v) is 7.91. The molecule has 0 bridgehead atoms. The van der Waals surface area contributed by atoms with Gasteiger partial charge in [0.05, 0.1) is 6.20 Å². The fraction of sp³-hybridized carbons (Fsp3) is 0.750. The number of aryl methyl sites for hydroxylation is 1. The molecule has 0 aliphatic carbocycles. The summed E-state index contributed by atoms with van der Waals surface area (Å²) in [5, 5.41) is 7.72. The maximum atomic E-state index is 4.81. The van der Waals surface area contributed by atoms with Crippen LogP contribution in [0.5, 0.6) is 0 Å². The zero-order valence-electron chi connectivity index (χ0n) is 14.1.